The van der Waals surface area contributed by atoms with Crippen LogP contribution in [0.3, 0.4) is 0 Å². The molecule has 0 aromatic heterocycles. The van der Waals surface area contributed by atoms with Gasteiger partial charge in [-0.25, -0.2) is 0 Å². The van der Waals surface area contributed by atoms with Gasteiger partial charge in [-0.1, -0.05) is 36.4 Å². The summed E-state index contributed by atoms with van der Waals surface area (Å²) in [6.45, 7) is 3.36. The van der Waals surface area contributed by atoms with Crippen LogP contribution in [0.25, 0.3) is 10.8 Å². The molecule has 1 unspecified atom stereocenters. The standard InChI is InChI=1S/C23H22N2O2/c1-14(23(27)25-19-7-3-6-18(13-19)15(2)26)24-21-12-11-17-10-9-16-5-4-8-20(21)22(16)17/h3-8,11-14,24H,9-10H2,1-2H3,(H,25,27). The van der Waals surface area contributed by atoms with Gasteiger partial charge < -0.3 is 10.6 Å². The van der Waals surface area contributed by atoms with Crippen molar-refractivity contribution in [1.82, 2.24) is 0 Å². The van der Waals surface area contributed by atoms with Gasteiger partial charge in [-0.05, 0) is 61.4 Å². The minimum Gasteiger partial charge on any atom is -0.373 e. The van der Waals surface area contributed by atoms with Crippen molar-refractivity contribution in [3.63, 3.8) is 0 Å². The predicted molar refractivity (Wildman–Crippen MR) is 110 cm³/mol. The number of amides is 1. The maximum Gasteiger partial charge on any atom is 0.246 e. The molecule has 27 heavy (non-hydrogen) atoms. The van der Waals surface area contributed by atoms with Gasteiger partial charge in [0.15, 0.2) is 5.78 Å². The van der Waals surface area contributed by atoms with Gasteiger partial charge in [0.1, 0.15) is 6.04 Å². The molecule has 0 heterocycles. The van der Waals surface area contributed by atoms with Crippen LogP contribution >= 0.6 is 0 Å². The van der Waals surface area contributed by atoms with Crippen molar-refractivity contribution in [3.05, 3.63) is 71.3 Å². The lowest BCUT2D eigenvalue weighted by Gasteiger charge is -2.18. The van der Waals surface area contributed by atoms with E-state index in [1.807, 2.05) is 6.92 Å². The molecule has 1 atom stereocenters. The van der Waals surface area contributed by atoms with E-state index < -0.39 is 6.04 Å². The molecule has 0 bridgehead atoms. The van der Waals surface area contributed by atoms with Crippen LogP contribution in [0, 0.1) is 0 Å². The minimum absolute atomic E-state index is 0.0230. The molecule has 3 aromatic carbocycles. The number of nitrogens with one attached hydrogen (secondary N) is 2. The highest BCUT2D eigenvalue weighted by molar-refractivity contribution is 6.03. The van der Waals surface area contributed by atoms with Crippen molar-refractivity contribution in [2.45, 2.75) is 32.7 Å². The lowest BCUT2D eigenvalue weighted by atomic mass is 10.0. The Labute approximate surface area is 158 Å². The number of ketones is 1. The molecule has 1 aliphatic carbocycles. The molecule has 4 heteroatoms. The summed E-state index contributed by atoms with van der Waals surface area (Å²) in [5.74, 6) is -0.163. The van der Waals surface area contributed by atoms with E-state index in [0.29, 0.717) is 11.3 Å². The molecule has 2 N–H and O–H groups in total. The number of carbonyl (C=O) groups is 2. The number of carbonyl (C=O) groups excluding carboxylic acids is 2. The van der Waals surface area contributed by atoms with Crippen LogP contribution in [0.5, 0.6) is 0 Å². The quantitative estimate of drug-likeness (QED) is 0.656. The number of anilines is 2. The van der Waals surface area contributed by atoms with Crippen molar-refractivity contribution in [1.29, 1.82) is 0 Å². The SMILES string of the molecule is CC(=O)c1cccc(NC(=O)C(C)Nc2ccc3c4c(cccc24)CC3)c1. The Morgan fingerprint density at radius 1 is 0.963 bits per heavy atom. The lowest BCUT2D eigenvalue weighted by molar-refractivity contribution is -0.116. The van der Waals surface area contributed by atoms with E-state index in [9.17, 15) is 9.59 Å². The molecule has 0 aliphatic heterocycles. The molecular weight excluding hydrogens is 336 g/mol. The highest BCUT2D eigenvalue weighted by Gasteiger charge is 2.18. The smallest absolute Gasteiger partial charge is 0.246 e. The topological polar surface area (TPSA) is 58.2 Å². The molecule has 0 spiro atoms. The highest BCUT2D eigenvalue weighted by atomic mass is 16.2. The largest absolute Gasteiger partial charge is 0.373 e. The molecule has 0 saturated heterocycles. The first-order chi connectivity index (χ1) is 13.0. The molecule has 4 nitrogen and oxygen atoms in total. The molecule has 1 aliphatic rings. The normalized spacial score (nSPS) is 13.4. The van der Waals surface area contributed by atoms with Crippen LogP contribution in [-0.4, -0.2) is 17.7 Å². The first kappa shape index (κ1) is 17.3. The van der Waals surface area contributed by atoms with E-state index in [0.717, 1.165) is 18.5 Å². The summed E-state index contributed by atoms with van der Waals surface area (Å²) in [5.41, 5.74) is 4.94. The third-order valence-corrected chi connectivity index (χ3v) is 5.18. The molecule has 3 aromatic rings. The Balaban J connectivity index is 1.54. The number of hydrogen-bond acceptors (Lipinski definition) is 3. The zero-order chi connectivity index (χ0) is 19.0. The summed E-state index contributed by atoms with van der Waals surface area (Å²) in [6.07, 6.45) is 2.16. The summed E-state index contributed by atoms with van der Waals surface area (Å²) in [5, 5.41) is 8.72. The van der Waals surface area contributed by atoms with Crippen LogP contribution in [0.1, 0.15) is 35.3 Å². The van der Waals surface area contributed by atoms with Gasteiger partial charge in [0.25, 0.3) is 0 Å². The molecule has 0 fully saturated rings. The summed E-state index contributed by atoms with van der Waals surface area (Å²) >= 11 is 0. The molecule has 0 saturated carbocycles. The van der Waals surface area contributed by atoms with E-state index in [1.165, 1.54) is 28.8 Å². The molecular formula is C23H22N2O2. The summed E-state index contributed by atoms with van der Waals surface area (Å²) in [7, 11) is 0. The van der Waals surface area contributed by atoms with E-state index in [1.54, 1.807) is 24.3 Å². The van der Waals surface area contributed by atoms with Gasteiger partial charge in [0.2, 0.25) is 5.91 Å². The zero-order valence-electron chi connectivity index (χ0n) is 15.5. The number of benzene rings is 3. The zero-order valence-corrected chi connectivity index (χ0v) is 15.5. The van der Waals surface area contributed by atoms with Gasteiger partial charge in [0.05, 0.1) is 0 Å². The Kier molecular flexibility index (Phi) is 4.40. The second-order valence-corrected chi connectivity index (χ2v) is 7.10. The summed E-state index contributed by atoms with van der Waals surface area (Å²) < 4.78 is 0. The average Bonchev–Trinajstić information content (AvgIpc) is 3.09. The van der Waals surface area contributed by atoms with Crippen molar-refractivity contribution in [2.75, 3.05) is 10.6 Å². The fourth-order valence-electron chi connectivity index (χ4n) is 3.74. The highest BCUT2D eigenvalue weighted by Crippen LogP contribution is 2.35. The third kappa shape index (κ3) is 3.31. The second kappa shape index (κ2) is 6.88. The molecule has 0 radical (unpaired) electrons. The Morgan fingerprint density at radius 2 is 1.70 bits per heavy atom. The van der Waals surface area contributed by atoms with Crippen LogP contribution < -0.4 is 10.6 Å². The van der Waals surface area contributed by atoms with Crippen LogP contribution in [-0.2, 0) is 17.6 Å². The minimum atomic E-state index is -0.413. The number of Topliss-reactive ketones (excluding diaryl/α,β-unsaturated/α-hetero) is 1. The maximum atomic E-state index is 12.6. The number of aryl methyl sites for hydroxylation is 2. The number of rotatable bonds is 5. The average molecular weight is 358 g/mol. The van der Waals surface area contributed by atoms with Crippen LogP contribution in [0.15, 0.2) is 54.6 Å². The lowest BCUT2D eigenvalue weighted by Crippen LogP contribution is -2.32. The van der Waals surface area contributed by atoms with E-state index in [-0.39, 0.29) is 11.7 Å². The molecule has 136 valence electrons. The van der Waals surface area contributed by atoms with Gasteiger partial charge in [-0.3, -0.25) is 9.59 Å². The Bertz CT molecular complexity index is 1050. The summed E-state index contributed by atoms with van der Waals surface area (Å²) in [4.78, 5) is 24.1. The van der Waals surface area contributed by atoms with Crippen molar-refractivity contribution in [2.24, 2.45) is 0 Å². The van der Waals surface area contributed by atoms with E-state index >= 15 is 0 Å². The van der Waals surface area contributed by atoms with Crippen molar-refractivity contribution >= 4 is 33.8 Å². The Morgan fingerprint density at radius 3 is 2.48 bits per heavy atom. The van der Waals surface area contributed by atoms with Crippen molar-refractivity contribution < 1.29 is 9.59 Å². The third-order valence-electron chi connectivity index (χ3n) is 5.18. The van der Waals surface area contributed by atoms with Gasteiger partial charge in [0, 0.05) is 22.3 Å². The molecule has 1 amide bonds. The van der Waals surface area contributed by atoms with Crippen LogP contribution in [0.4, 0.5) is 11.4 Å². The summed E-state index contributed by atoms with van der Waals surface area (Å²) in [6, 6.07) is 17.2. The first-order valence-corrected chi connectivity index (χ1v) is 9.25. The van der Waals surface area contributed by atoms with E-state index in [4.69, 9.17) is 0 Å². The van der Waals surface area contributed by atoms with Gasteiger partial charge in [-0.2, -0.15) is 0 Å². The fourth-order valence-corrected chi connectivity index (χ4v) is 3.74. The predicted octanol–water partition coefficient (Wildman–Crippen LogP) is 4.58. The number of hydrogen-bond donors (Lipinski definition) is 2. The van der Waals surface area contributed by atoms with Gasteiger partial charge in [-0.15, -0.1) is 0 Å². The Hall–Kier alpha value is -3.14. The van der Waals surface area contributed by atoms with Crippen LogP contribution in [0.2, 0.25) is 0 Å². The first-order valence-electron chi connectivity index (χ1n) is 9.25. The molecule has 4 rings (SSSR count). The second-order valence-electron chi connectivity index (χ2n) is 7.10. The van der Waals surface area contributed by atoms with Gasteiger partial charge >= 0.3 is 0 Å². The fraction of sp³-hybridized carbons (Fsp3) is 0.217. The maximum absolute atomic E-state index is 12.6. The monoisotopic (exact) mass is 358 g/mol. The van der Waals surface area contributed by atoms with E-state index in [2.05, 4.69) is 41.0 Å². The van der Waals surface area contributed by atoms with Crippen molar-refractivity contribution in [3.8, 4) is 0 Å².